The molecule has 4 unspecified atom stereocenters. The molecule has 2 saturated carbocycles. The lowest BCUT2D eigenvalue weighted by atomic mass is 9.66. The minimum absolute atomic E-state index is 0.320. The van der Waals surface area contributed by atoms with Crippen LogP contribution in [0.15, 0.2) is 0 Å². The predicted molar refractivity (Wildman–Crippen MR) is 44.9 cm³/mol. The first-order valence-electron chi connectivity index (χ1n) is 5.11. The van der Waals surface area contributed by atoms with E-state index in [0.29, 0.717) is 11.7 Å². The maximum atomic E-state index is 5.73. The molecule has 2 nitrogen and oxygen atoms in total. The molecule has 0 bridgehead atoms. The average molecular weight is 168 g/mol. The molecule has 3 fully saturated rings. The van der Waals surface area contributed by atoms with Gasteiger partial charge in [-0.15, -0.1) is 0 Å². The molecule has 2 aliphatic carbocycles. The third-order valence-corrected chi connectivity index (χ3v) is 3.84. The van der Waals surface area contributed by atoms with Crippen molar-refractivity contribution in [3.05, 3.63) is 0 Å². The second-order valence-corrected chi connectivity index (χ2v) is 4.41. The third kappa shape index (κ3) is 0.775. The Hall–Kier alpha value is -0.0800. The first kappa shape index (κ1) is 7.34. The molecule has 0 aromatic heterocycles. The SMILES string of the molecule is CCOC1CCC2CC3(CO3)C21. The van der Waals surface area contributed by atoms with Gasteiger partial charge in [0.2, 0.25) is 0 Å². The Morgan fingerprint density at radius 3 is 3.00 bits per heavy atom. The summed E-state index contributed by atoms with van der Waals surface area (Å²) < 4.78 is 11.3. The zero-order chi connectivity index (χ0) is 8.18. The van der Waals surface area contributed by atoms with Crippen LogP contribution in [0.25, 0.3) is 0 Å². The minimum atomic E-state index is 0.320. The maximum absolute atomic E-state index is 5.73. The van der Waals surface area contributed by atoms with Crippen molar-refractivity contribution in [3.8, 4) is 0 Å². The van der Waals surface area contributed by atoms with Gasteiger partial charge in [0, 0.05) is 12.5 Å². The molecule has 3 aliphatic rings. The van der Waals surface area contributed by atoms with Crippen LogP contribution in [0.5, 0.6) is 0 Å². The monoisotopic (exact) mass is 168 g/mol. The molecule has 1 saturated heterocycles. The number of hydrogen-bond acceptors (Lipinski definition) is 2. The molecule has 0 amide bonds. The van der Waals surface area contributed by atoms with Crippen molar-refractivity contribution < 1.29 is 9.47 Å². The van der Waals surface area contributed by atoms with Gasteiger partial charge in [-0.3, -0.25) is 0 Å². The quantitative estimate of drug-likeness (QED) is 0.584. The first-order valence-corrected chi connectivity index (χ1v) is 5.11. The van der Waals surface area contributed by atoms with E-state index in [2.05, 4.69) is 6.92 Å². The van der Waals surface area contributed by atoms with Gasteiger partial charge in [0.1, 0.15) is 0 Å². The third-order valence-electron chi connectivity index (χ3n) is 3.84. The molecule has 3 rings (SSSR count). The van der Waals surface area contributed by atoms with E-state index in [1.165, 1.54) is 19.3 Å². The van der Waals surface area contributed by atoms with Gasteiger partial charge in [-0.1, -0.05) is 0 Å². The van der Waals surface area contributed by atoms with Crippen LogP contribution >= 0.6 is 0 Å². The van der Waals surface area contributed by atoms with Crippen molar-refractivity contribution in [1.82, 2.24) is 0 Å². The van der Waals surface area contributed by atoms with E-state index in [9.17, 15) is 0 Å². The van der Waals surface area contributed by atoms with Crippen molar-refractivity contribution >= 4 is 0 Å². The summed E-state index contributed by atoms with van der Waals surface area (Å²) >= 11 is 0. The summed E-state index contributed by atoms with van der Waals surface area (Å²) in [5, 5.41) is 0. The van der Waals surface area contributed by atoms with Crippen molar-refractivity contribution in [3.63, 3.8) is 0 Å². The maximum Gasteiger partial charge on any atom is 0.0974 e. The summed E-state index contributed by atoms with van der Waals surface area (Å²) in [6, 6.07) is 0. The molecule has 0 N–H and O–H groups in total. The van der Waals surface area contributed by atoms with Gasteiger partial charge in [-0.05, 0) is 32.1 Å². The Labute approximate surface area is 73.2 Å². The second-order valence-electron chi connectivity index (χ2n) is 4.41. The van der Waals surface area contributed by atoms with Gasteiger partial charge >= 0.3 is 0 Å². The Morgan fingerprint density at radius 1 is 1.50 bits per heavy atom. The highest BCUT2D eigenvalue weighted by Gasteiger charge is 2.67. The molecule has 0 aromatic rings. The van der Waals surface area contributed by atoms with Gasteiger partial charge in [0.15, 0.2) is 0 Å². The van der Waals surface area contributed by atoms with E-state index >= 15 is 0 Å². The molecule has 1 spiro atoms. The highest BCUT2D eigenvalue weighted by molar-refractivity contribution is 5.16. The first-order chi connectivity index (χ1) is 5.86. The van der Waals surface area contributed by atoms with Crippen LogP contribution in [0, 0.1) is 11.8 Å². The van der Waals surface area contributed by atoms with Crippen LogP contribution < -0.4 is 0 Å². The lowest BCUT2D eigenvalue weighted by molar-refractivity contribution is -0.0520. The zero-order valence-corrected chi connectivity index (χ0v) is 7.58. The standard InChI is InChI=1S/C10H16O2/c1-2-11-8-4-3-7-5-10(6-12-10)9(7)8/h7-9H,2-6H2,1H3. The van der Waals surface area contributed by atoms with Crippen LogP contribution in [0.1, 0.15) is 26.2 Å². The summed E-state index contributed by atoms with van der Waals surface area (Å²) in [5.41, 5.74) is 0.320. The molecule has 0 radical (unpaired) electrons. The van der Waals surface area contributed by atoms with Crippen LogP contribution in [0.3, 0.4) is 0 Å². The van der Waals surface area contributed by atoms with E-state index in [4.69, 9.17) is 9.47 Å². The fraction of sp³-hybridized carbons (Fsp3) is 1.00. The molecule has 1 heterocycles. The van der Waals surface area contributed by atoms with Gasteiger partial charge in [0.25, 0.3) is 0 Å². The highest BCUT2D eigenvalue weighted by atomic mass is 16.6. The Bertz CT molecular complexity index is 196. The van der Waals surface area contributed by atoms with Crippen LogP contribution in [-0.2, 0) is 9.47 Å². The Kier molecular flexibility index (Phi) is 1.37. The molecule has 0 aromatic carbocycles. The topological polar surface area (TPSA) is 21.8 Å². The van der Waals surface area contributed by atoms with E-state index in [0.717, 1.165) is 25.0 Å². The van der Waals surface area contributed by atoms with Crippen LogP contribution in [0.2, 0.25) is 0 Å². The van der Waals surface area contributed by atoms with Crippen LogP contribution in [-0.4, -0.2) is 24.9 Å². The average Bonchev–Trinajstić information content (AvgIpc) is 2.74. The van der Waals surface area contributed by atoms with Gasteiger partial charge in [-0.2, -0.15) is 0 Å². The number of fused-ring (bicyclic) bond motifs is 2. The number of epoxide rings is 1. The molecule has 2 heteroatoms. The van der Waals surface area contributed by atoms with E-state index in [-0.39, 0.29) is 0 Å². The molecule has 4 atom stereocenters. The van der Waals surface area contributed by atoms with Crippen LogP contribution in [0.4, 0.5) is 0 Å². The summed E-state index contributed by atoms with van der Waals surface area (Å²) in [6.45, 7) is 3.97. The fourth-order valence-corrected chi connectivity index (χ4v) is 3.26. The lowest BCUT2D eigenvalue weighted by Gasteiger charge is -2.40. The smallest absolute Gasteiger partial charge is 0.0974 e. The summed E-state index contributed by atoms with van der Waals surface area (Å²) in [7, 11) is 0. The van der Waals surface area contributed by atoms with E-state index in [1.54, 1.807) is 0 Å². The second kappa shape index (κ2) is 2.24. The lowest BCUT2D eigenvalue weighted by Crippen LogP contribution is -2.47. The van der Waals surface area contributed by atoms with E-state index < -0.39 is 0 Å². The number of rotatable bonds is 2. The van der Waals surface area contributed by atoms with Gasteiger partial charge < -0.3 is 9.47 Å². The molecule has 1 aliphatic heterocycles. The molecule has 12 heavy (non-hydrogen) atoms. The fourth-order valence-electron chi connectivity index (χ4n) is 3.26. The van der Waals surface area contributed by atoms with Gasteiger partial charge in [-0.25, -0.2) is 0 Å². The van der Waals surface area contributed by atoms with E-state index in [1.807, 2.05) is 0 Å². The van der Waals surface area contributed by atoms with Crippen molar-refractivity contribution in [2.24, 2.45) is 11.8 Å². The van der Waals surface area contributed by atoms with Crippen molar-refractivity contribution in [2.45, 2.75) is 37.9 Å². The van der Waals surface area contributed by atoms with Gasteiger partial charge in [0.05, 0.1) is 18.3 Å². The summed E-state index contributed by atoms with van der Waals surface area (Å²) in [6.07, 6.45) is 4.49. The highest BCUT2D eigenvalue weighted by Crippen LogP contribution is 2.62. The Morgan fingerprint density at radius 2 is 2.33 bits per heavy atom. The van der Waals surface area contributed by atoms with Crippen molar-refractivity contribution in [2.75, 3.05) is 13.2 Å². The molecular formula is C10H16O2. The summed E-state index contributed by atoms with van der Waals surface area (Å²) in [4.78, 5) is 0. The number of ether oxygens (including phenoxy) is 2. The minimum Gasteiger partial charge on any atom is -0.378 e. The predicted octanol–water partition coefficient (Wildman–Crippen LogP) is 1.59. The molecular weight excluding hydrogens is 152 g/mol. The number of hydrogen-bond donors (Lipinski definition) is 0. The largest absolute Gasteiger partial charge is 0.378 e. The molecule has 68 valence electrons. The summed E-state index contributed by atoms with van der Waals surface area (Å²) in [5.74, 6) is 1.70. The normalized spacial score (nSPS) is 55.2. The zero-order valence-electron chi connectivity index (χ0n) is 7.58. The Balaban J connectivity index is 1.72. The van der Waals surface area contributed by atoms with Crippen molar-refractivity contribution in [1.29, 1.82) is 0 Å².